The summed E-state index contributed by atoms with van der Waals surface area (Å²) in [7, 11) is 1.65. The zero-order valence-electron chi connectivity index (χ0n) is 23.7. The molecule has 0 radical (unpaired) electrons. The summed E-state index contributed by atoms with van der Waals surface area (Å²) >= 11 is 0. The molecule has 1 fully saturated rings. The van der Waals surface area contributed by atoms with Crippen LogP contribution in [0.3, 0.4) is 0 Å². The number of carbonyl (C=O) groups excluding carboxylic acids is 3. The standard InChI is InChI=1S/C28H40N6O5/c1-18-31-22-7-9-34(16-24(22)39-18)26(37)20-11-19(14-33(15-20)17-35)12-23(36)21-13-30-27(28(2,3)4)32-25(21)29-8-6-10-38-5/h13,17,19-20H,6-12,14-16H2,1-5H3,(H,29,30,32). The Bertz CT molecular complexity index is 1190. The summed E-state index contributed by atoms with van der Waals surface area (Å²) in [5, 5.41) is 3.29. The molecular weight excluding hydrogens is 500 g/mol. The SMILES string of the molecule is COCCCNc1nc(C(C)(C)C)ncc1C(=O)CC1CC(C(=O)N2CCc3nc(C)oc3C2)CN(C=O)C1. The smallest absolute Gasteiger partial charge is 0.227 e. The monoisotopic (exact) mass is 540 g/mol. The van der Waals surface area contributed by atoms with Crippen LogP contribution in [0.15, 0.2) is 10.6 Å². The highest BCUT2D eigenvalue weighted by Crippen LogP contribution is 2.30. The number of hydrogen-bond donors (Lipinski definition) is 1. The topological polar surface area (TPSA) is 131 Å². The predicted octanol–water partition coefficient (Wildman–Crippen LogP) is 2.77. The van der Waals surface area contributed by atoms with Crippen molar-refractivity contribution in [2.24, 2.45) is 11.8 Å². The van der Waals surface area contributed by atoms with Gasteiger partial charge in [-0.25, -0.2) is 15.0 Å². The molecule has 0 saturated carbocycles. The van der Waals surface area contributed by atoms with Gasteiger partial charge in [-0.3, -0.25) is 14.4 Å². The third kappa shape index (κ3) is 7.00. The van der Waals surface area contributed by atoms with Crippen LogP contribution in [0, 0.1) is 18.8 Å². The molecule has 2 aliphatic rings. The van der Waals surface area contributed by atoms with E-state index < -0.39 is 0 Å². The first-order valence-corrected chi connectivity index (χ1v) is 13.7. The van der Waals surface area contributed by atoms with Crippen LogP contribution in [0.25, 0.3) is 0 Å². The number of nitrogens with one attached hydrogen (secondary N) is 1. The van der Waals surface area contributed by atoms with E-state index in [9.17, 15) is 14.4 Å². The number of aryl methyl sites for hydroxylation is 1. The average Bonchev–Trinajstić information content (AvgIpc) is 3.29. The average molecular weight is 541 g/mol. The fraction of sp³-hybridized carbons (Fsp3) is 0.643. The van der Waals surface area contributed by atoms with Gasteiger partial charge < -0.3 is 24.3 Å². The number of piperidine rings is 1. The highest BCUT2D eigenvalue weighted by Gasteiger charge is 2.36. The highest BCUT2D eigenvalue weighted by atomic mass is 16.5. The maximum absolute atomic E-state index is 13.5. The Morgan fingerprint density at radius 2 is 2.05 bits per heavy atom. The quantitative estimate of drug-likeness (QED) is 0.275. The summed E-state index contributed by atoms with van der Waals surface area (Å²) in [5.74, 6) is 1.84. The fourth-order valence-corrected chi connectivity index (χ4v) is 5.30. The van der Waals surface area contributed by atoms with Crippen LogP contribution < -0.4 is 5.32 Å². The Kier molecular flexibility index (Phi) is 8.99. The summed E-state index contributed by atoms with van der Waals surface area (Å²) in [6.45, 7) is 10.8. The van der Waals surface area contributed by atoms with Crippen molar-refractivity contribution in [2.75, 3.05) is 45.2 Å². The van der Waals surface area contributed by atoms with Gasteiger partial charge >= 0.3 is 0 Å². The van der Waals surface area contributed by atoms with Gasteiger partial charge in [0.25, 0.3) is 0 Å². The zero-order valence-corrected chi connectivity index (χ0v) is 23.7. The van der Waals surface area contributed by atoms with Crippen LogP contribution in [0.2, 0.25) is 0 Å². The predicted molar refractivity (Wildman–Crippen MR) is 144 cm³/mol. The molecule has 0 bridgehead atoms. The molecule has 1 N–H and O–H groups in total. The maximum Gasteiger partial charge on any atom is 0.227 e. The van der Waals surface area contributed by atoms with Crippen molar-refractivity contribution in [3.63, 3.8) is 0 Å². The van der Waals surface area contributed by atoms with Gasteiger partial charge in [0.2, 0.25) is 12.3 Å². The van der Waals surface area contributed by atoms with Gasteiger partial charge in [0.15, 0.2) is 11.7 Å². The number of aromatic nitrogens is 3. The van der Waals surface area contributed by atoms with E-state index in [1.807, 2.05) is 20.8 Å². The van der Waals surface area contributed by atoms with Crippen LogP contribution in [-0.4, -0.2) is 82.7 Å². The molecular formula is C28H40N6O5. The van der Waals surface area contributed by atoms with Crippen molar-refractivity contribution in [1.29, 1.82) is 0 Å². The van der Waals surface area contributed by atoms with Crippen molar-refractivity contribution >= 4 is 23.9 Å². The maximum atomic E-state index is 13.5. The second-order valence-corrected chi connectivity index (χ2v) is 11.6. The highest BCUT2D eigenvalue weighted by molar-refractivity contribution is 6.00. The van der Waals surface area contributed by atoms with Gasteiger partial charge in [-0.1, -0.05) is 20.8 Å². The Labute approximate surface area is 229 Å². The number of amides is 2. The lowest BCUT2D eigenvalue weighted by Crippen LogP contribution is -2.48. The molecule has 2 atom stereocenters. The van der Waals surface area contributed by atoms with Crippen molar-refractivity contribution in [3.8, 4) is 0 Å². The van der Waals surface area contributed by atoms with E-state index in [1.165, 1.54) is 0 Å². The number of methoxy groups -OCH3 is 1. The molecule has 0 aliphatic carbocycles. The van der Waals surface area contributed by atoms with Crippen LogP contribution >= 0.6 is 0 Å². The lowest BCUT2D eigenvalue weighted by Gasteiger charge is -2.37. The van der Waals surface area contributed by atoms with Gasteiger partial charge in [-0.2, -0.15) is 0 Å². The van der Waals surface area contributed by atoms with E-state index in [0.29, 0.717) is 75.3 Å². The summed E-state index contributed by atoms with van der Waals surface area (Å²) in [6, 6.07) is 0. The largest absolute Gasteiger partial charge is 0.444 e. The Morgan fingerprint density at radius 1 is 1.26 bits per heavy atom. The number of nitrogens with zero attached hydrogens (tertiary/aromatic N) is 5. The van der Waals surface area contributed by atoms with Crippen molar-refractivity contribution in [2.45, 2.75) is 65.3 Å². The number of oxazole rings is 1. The second-order valence-electron chi connectivity index (χ2n) is 11.6. The molecule has 11 nitrogen and oxygen atoms in total. The summed E-state index contributed by atoms with van der Waals surface area (Å²) in [6.07, 6.45) is 4.52. The number of ketones is 1. The molecule has 1 saturated heterocycles. The lowest BCUT2D eigenvalue weighted by molar-refractivity contribution is -0.140. The van der Waals surface area contributed by atoms with Gasteiger partial charge in [0.05, 0.1) is 23.7 Å². The van der Waals surface area contributed by atoms with E-state index >= 15 is 0 Å². The summed E-state index contributed by atoms with van der Waals surface area (Å²) in [4.78, 5) is 55.8. The fourth-order valence-electron chi connectivity index (χ4n) is 5.30. The number of likely N-dealkylation sites (tertiary alicyclic amines) is 1. The Hall–Kier alpha value is -3.34. The van der Waals surface area contributed by atoms with E-state index in [2.05, 4.69) is 20.3 Å². The van der Waals surface area contributed by atoms with Crippen LogP contribution in [0.4, 0.5) is 5.82 Å². The third-order valence-electron chi connectivity index (χ3n) is 7.27. The van der Waals surface area contributed by atoms with E-state index in [-0.39, 0.29) is 35.4 Å². The van der Waals surface area contributed by atoms with Gasteiger partial charge in [0, 0.05) is 71.3 Å². The molecule has 2 aromatic rings. The molecule has 0 aromatic carbocycles. The normalized spacial score (nSPS) is 19.5. The van der Waals surface area contributed by atoms with Crippen LogP contribution in [-0.2, 0) is 32.7 Å². The first-order valence-electron chi connectivity index (χ1n) is 13.7. The number of ether oxygens (including phenoxy) is 1. The van der Waals surface area contributed by atoms with Crippen molar-refractivity contribution in [1.82, 2.24) is 24.8 Å². The number of anilines is 1. The zero-order chi connectivity index (χ0) is 28.2. The molecule has 4 rings (SSSR count). The van der Waals surface area contributed by atoms with E-state index in [1.54, 1.807) is 30.0 Å². The van der Waals surface area contributed by atoms with Crippen molar-refractivity contribution < 1.29 is 23.5 Å². The molecule has 11 heteroatoms. The number of fused-ring (bicyclic) bond motifs is 1. The molecule has 2 amide bonds. The number of rotatable bonds is 10. The molecule has 4 heterocycles. The first kappa shape index (κ1) is 28.7. The second kappa shape index (κ2) is 12.2. The minimum absolute atomic E-state index is 0.0166. The van der Waals surface area contributed by atoms with Gasteiger partial charge in [0.1, 0.15) is 17.4 Å². The molecule has 2 aromatic heterocycles. The first-order chi connectivity index (χ1) is 18.6. The van der Waals surface area contributed by atoms with E-state index in [4.69, 9.17) is 9.15 Å². The number of Topliss-reactive ketones (excluding diaryl/α,β-unsaturated/α-hetero) is 1. The summed E-state index contributed by atoms with van der Waals surface area (Å²) < 4.78 is 10.8. The molecule has 212 valence electrons. The molecule has 2 unspecified atom stereocenters. The van der Waals surface area contributed by atoms with Gasteiger partial charge in [-0.15, -0.1) is 0 Å². The van der Waals surface area contributed by atoms with Crippen molar-refractivity contribution in [3.05, 3.63) is 34.9 Å². The van der Waals surface area contributed by atoms with Crippen LogP contribution in [0.5, 0.6) is 0 Å². The van der Waals surface area contributed by atoms with Gasteiger partial charge in [-0.05, 0) is 18.8 Å². The van der Waals surface area contributed by atoms with Crippen LogP contribution in [0.1, 0.15) is 73.6 Å². The minimum Gasteiger partial charge on any atom is -0.444 e. The molecule has 39 heavy (non-hydrogen) atoms. The Morgan fingerprint density at radius 3 is 2.77 bits per heavy atom. The summed E-state index contributed by atoms with van der Waals surface area (Å²) in [5.41, 5.74) is 1.06. The molecule has 0 spiro atoms. The molecule has 2 aliphatic heterocycles. The minimum atomic E-state index is -0.376. The Balaban J connectivity index is 1.46. The number of hydrogen-bond acceptors (Lipinski definition) is 9. The number of carbonyl (C=O) groups is 3. The lowest BCUT2D eigenvalue weighted by atomic mass is 9.84. The van der Waals surface area contributed by atoms with E-state index in [0.717, 1.165) is 24.3 Å². The third-order valence-corrected chi connectivity index (χ3v) is 7.27.